The summed E-state index contributed by atoms with van der Waals surface area (Å²) in [6.07, 6.45) is 3.91. The zero-order chi connectivity index (χ0) is 19.8. The lowest BCUT2D eigenvalue weighted by Gasteiger charge is -2.32. The number of rotatable bonds is 4. The van der Waals surface area contributed by atoms with Gasteiger partial charge >= 0.3 is 0 Å². The van der Waals surface area contributed by atoms with Gasteiger partial charge in [0.1, 0.15) is 23.0 Å². The fourth-order valence-corrected chi connectivity index (χ4v) is 4.41. The van der Waals surface area contributed by atoms with Gasteiger partial charge < -0.3 is 23.9 Å². The van der Waals surface area contributed by atoms with Crippen LogP contribution in [0.15, 0.2) is 28.9 Å². The van der Waals surface area contributed by atoms with E-state index in [1.807, 2.05) is 23.1 Å². The van der Waals surface area contributed by atoms with Crippen LogP contribution in [0.4, 0.5) is 0 Å². The Hall–Kier alpha value is -2.58. The first-order chi connectivity index (χ1) is 14.2. The van der Waals surface area contributed by atoms with E-state index in [4.69, 9.17) is 9.15 Å². The maximum atomic E-state index is 12.9. The number of carbonyl (C=O) groups is 1. The molecular formula is C21H26ClN5O3. The van der Waals surface area contributed by atoms with Gasteiger partial charge in [-0.15, -0.1) is 22.6 Å². The van der Waals surface area contributed by atoms with Gasteiger partial charge in [-0.3, -0.25) is 4.79 Å². The molecule has 0 unspecified atom stereocenters. The molecule has 8 nitrogen and oxygen atoms in total. The quantitative estimate of drug-likeness (QED) is 0.683. The van der Waals surface area contributed by atoms with Gasteiger partial charge in [0.2, 0.25) is 5.91 Å². The van der Waals surface area contributed by atoms with Crippen LogP contribution in [0.1, 0.15) is 36.0 Å². The molecule has 1 fully saturated rings. The maximum absolute atomic E-state index is 12.9. The van der Waals surface area contributed by atoms with Crippen molar-refractivity contribution in [2.45, 2.75) is 38.3 Å². The van der Waals surface area contributed by atoms with Crippen LogP contribution in [-0.2, 0) is 24.3 Å². The summed E-state index contributed by atoms with van der Waals surface area (Å²) >= 11 is 0. The zero-order valence-electron chi connectivity index (χ0n) is 17.0. The molecule has 2 aliphatic rings. The average molecular weight is 432 g/mol. The van der Waals surface area contributed by atoms with Crippen LogP contribution in [0.25, 0.3) is 11.0 Å². The monoisotopic (exact) mass is 431 g/mol. The number of nitrogens with one attached hydrogen (secondary N) is 1. The number of methoxy groups -OCH3 is 1. The molecule has 9 heteroatoms. The first-order valence-electron chi connectivity index (χ1n) is 10.2. The number of amides is 1. The van der Waals surface area contributed by atoms with E-state index < -0.39 is 0 Å². The zero-order valence-corrected chi connectivity index (χ0v) is 17.8. The molecule has 3 aromatic rings. The Balaban J connectivity index is 0.00000218. The van der Waals surface area contributed by atoms with Crippen molar-refractivity contribution in [2.75, 3.05) is 26.7 Å². The van der Waals surface area contributed by atoms with Crippen molar-refractivity contribution in [3.63, 3.8) is 0 Å². The van der Waals surface area contributed by atoms with Gasteiger partial charge in [-0.25, -0.2) is 0 Å². The van der Waals surface area contributed by atoms with Crippen LogP contribution in [0, 0.1) is 0 Å². The van der Waals surface area contributed by atoms with E-state index >= 15 is 0 Å². The fraction of sp³-hybridized carbons (Fsp3) is 0.476. The molecule has 2 aromatic heterocycles. The molecule has 1 aromatic carbocycles. The van der Waals surface area contributed by atoms with Crippen molar-refractivity contribution in [2.24, 2.45) is 0 Å². The lowest BCUT2D eigenvalue weighted by atomic mass is 9.95. The molecule has 0 spiro atoms. The lowest BCUT2D eigenvalue weighted by Crippen LogP contribution is -2.39. The van der Waals surface area contributed by atoms with Gasteiger partial charge in [0.05, 0.1) is 26.3 Å². The normalized spacial score (nSPS) is 16.9. The highest BCUT2D eigenvalue weighted by Crippen LogP contribution is 2.29. The topological polar surface area (TPSA) is 85.4 Å². The summed E-state index contributed by atoms with van der Waals surface area (Å²) in [4.78, 5) is 14.8. The largest absolute Gasteiger partial charge is 0.497 e. The van der Waals surface area contributed by atoms with Gasteiger partial charge in [-0.1, -0.05) is 0 Å². The van der Waals surface area contributed by atoms with Crippen molar-refractivity contribution < 1.29 is 13.9 Å². The summed E-state index contributed by atoms with van der Waals surface area (Å²) in [5.41, 5.74) is 1.67. The molecular weight excluding hydrogens is 406 g/mol. The van der Waals surface area contributed by atoms with Crippen LogP contribution in [-0.4, -0.2) is 52.3 Å². The summed E-state index contributed by atoms with van der Waals surface area (Å²) in [7, 11) is 1.63. The van der Waals surface area contributed by atoms with E-state index in [2.05, 4.69) is 20.1 Å². The average Bonchev–Trinajstić information content (AvgIpc) is 3.37. The van der Waals surface area contributed by atoms with Gasteiger partial charge in [0.15, 0.2) is 0 Å². The second kappa shape index (κ2) is 8.65. The summed E-state index contributed by atoms with van der Waals surface area (Å²) in [5.74, 6) is 3.38. The number of furan rings is 1. The second-order valence-corrected chi connectivity index (χ2v) is 7.76. The minimum Gasteiger partial charge on any atom is -0.497 e. The van der Waals surface area contributed by atoms with Crippen LogP contribution in [0.3, 0.4) is 0 Å². The number of hydrogen-bond donors (Lipinski definition) is 1. The predicted octanol–water partition coefficient (Wildman–Crippen LogP) is 2.51. The van der Waals surface area contributed by atoms with Gasteiger partial charge in [0.25, 0.3) is 0 Å². The van der Waals surface area contributed by atoms with Crippen molar-refractivity contribution >= 4 is 29.3 Å². The standard InChI is InChI=1S/C21H25N5O3.ClH/c1-28-16-2-3-17-15(13-29-18(17)11-16)10-20(27)25-7-4-14(5-8-25)21-24-23-19-12-22-6-9-26(19)21;/h2-3,11,13-14,22H,4-10,12H2,1H3;1H. The van der Waals surface area contributed by atoms with Gasteiger partial charge in [0, 0.05) is 49.1 Å². The molecule has 4 heterocycles. The molecule has 0 bridgehead atoms. The molecule has 0 aliphatic carbocycles. The lowest BCUT2D eigenvalue weighted by molar-refractivity contribution is -0.131. The van der Waals surface area contributed by atoms with Gasteiger partial charge in [-0.2, -0.15) is 0 Å². The van der Waals surface area contributed by atoms with Crippen molar-refractivity contribution in [1.29, 1.82) is 0 Å². The Morgan fingerprint density at radius 3 is 2.90 bits per heavy atom. The summed E-state index contributed by atoms with van der Waals surface area (Å²) in [6, 6.07) is 5.70. The third-order valence-electron chi connectivity index (χ3n) is 6.07. The highest BCUT2D eigenvalue weighted by atomic mass is 35.5. The van der Waals surface area contributed by atoms with Crippen LogP contribution >= 0.6 is 12.4 Å². The summed E-state index contributed by atoms with van der Waals surface area (Å²) < 4.78 is 13.1. The second-order valence-electron chi connectivity index (χ2n) is 7.76. The SMILES string of the molecule is COc1ccc2c(CC(=O)N3CCC(c4nnc5n4CCNC5)CC3)coc2c1.Cl. The van der Waals surface area contributed by atoms with E-state index in [1.54, 1.807) is 13.4 Å². The molecule has 1 amide bonds. The minimum atomic E-state index is 0. The van der Waals surface area contributed by atoms with Crippen molar-refractivity contribution in [1.82, 2.24) is 25.0 Å². The smallest absolute Gasteiger partial charge is 0.227 e. The predicted molar refractivity (Wildman–Crippen MR) is 114 cm³/mol. The Bertz CT molecular complexity index is 1040. The first kappa shape index (κ1) is 20.7. The summed E-state index contributed by atoms with van der Waals surface area (Å²) in [6.45, 7) is 4.19. The number of nitrogens with zero attached hydrogens (tertiary/aromatic N) is 4. The molecule has 0 atom stereocenters. The Kier molecular flexibility index (Phi) is 5.97. The van der Waals surface area contributed by atoms with E-state index in [9.17, 15) is 4.79 Å². The molecule has 0 radical (unpaired) electrons. The molecule has 2 aliphatic heterocycles. The number of ether oxygens (including phenoxy) is 1. The van der Waals surface area contributed by atoms with E-state index in [0.29, 0.717) is 12.3 Å². The van der Waals surface area contributed by atoms with Crippen LogP contribution in [0.2, 0.25) is 0 Å². The van der Waals surface area contributed by atoms with Crippen molar-refractivity contribution in [3.05, 3.63) is 41.7 Å². The molecule has 1 saturated heterocycles. The molecule has 30 heavy (non-hydrogen) atoms. The molecule has 5 rings (SSSR count). The Morgan fingerprint density at radius 1 is 1.27 bits per heavy atom. The Labute approximate surface area is 181 Å². The minimum absolute atomic E-state index is 0. The number of fused-ring (bicyclic) bond motifs is 2. The molecule has 0 saturated carbocycles. The first-order valence-corrected chi connectivity index (χ1v) is 10.2. The van der Waals surface area contributed by atoms with Gasteiger partial charge in [-0.05, 0) is 25.0 Å². The number of piperidine rings is 1. The maximum Gasteiger partial charge on any atom is 0.227 e. The number of carbonyl (C=O) groups excluding carboxylic acids is 1. The number of aromatic nitrogens is 3. The third kappa shape index (κ3) is 3.77. The van der Waals surface area contributed by atoms with Crippen LogP contribution in [0.5, 0.6) is 5.75 Å². The third-order valence-corrected chi connectivity index (χ3v) is 6.07. The number of halogens is 1. The Morgan fingerprint density at radius 2 is 2.10 bits per heavy atom. The summed E-state index contributed by atoms with van der Waals surface area (Å²) in [5, 5.41) is 13.1. The van der Waals surface area contributed by atoms with Crippen LogP contribution < -0.4 is 10.1 Å². The number of benzene rings is 1. The van der Waals surface area contributed by atoms with Crippen molar-refractivity contribution in [3.8, 4) is 5.75 Å². The fourth-order valence-electron chi connectivity index (χ4n) is 4.41. The molecule has 1 N–H and O–H groups in total. The van der Waals surface area contributed by atoms with E-state index in [-0.39, 0.29) is 18.3 Å². The van der Waals surface area contributed by atoms with E-state index in [0.717, 1.165) is 79.5 Å². The number of likely N-dealkylation sites (tertiary alicyclic amines) is 1. The molecule has 160 valence electrons. The van der Waals surface area contributed by atoms with E-state index in [1.165, 1.54) is 0 Å². The number of hydrogen-bond acceptors (Lipinski definition) is 6. The highest BCUT2D eigenvalue weighted by Gasteiger charge is 2.29. The highest BCUT2D eigenvalue weighted by molar-refractivity contribution is 5.88.